The summed E-state index contributed by atoms with van der Waals surface area (Å²) in [4.78, 5) is 10.7. The first-order valence-electron chi connectivity index (χ1n) is 6.18. The number of carboxylic acids is 1. The quantitative estimate of drug-likeness (QED) is 0.815. The van der Waals surface area contributed by atoms with Crippen molar-refractivity contribution in [3.8, 4) is 11.4 Å². The first-order chi connectivity index (χ1) is 9.49. The summed E-state index contributed by atoms with van der Waals surface area (Å²) in [5.41, 5.74) is 0.778. The van der Waals surface area contributed by atoms with Crippen LogP contribution >= 0.6 is 11.8 Å². The fraction of sp³-hybridized carbons (Fsp3) is 0.500. The van der Waals surface area contributed by atoms with Gasteiger partial charge >= 0.3 is 5.97 Å². The minimum absolute atomic E-state index is 0.0428. The molecule has 0 saturated heterocycles. The van der Waals surface area contributed by atoms with E-state index in [0.717, 1.165) is 17.3 Å². The number of nitrogens with zero attached hydrogens (tertiary/aromatic N) is 4. The molecule has 0 aliphatic rings. The highest BCUT2D eigenvalue weighted by Crippen LogP contribution is 2.26. The second kappa shape index (κ2) is 6.08. The fourth-order valence-corrected chi connectivity index (χ4v) is 2.43. The van der Waals surface area contributed by atoms with E-state index in [1.165, 1.54) is 0 Å². The highest BCUT2D eigenvalue weighted by Gasteiger charge is 2.19. The highest BCUT2D eigenvalue weighted by atomic mass is 32.2. The van der Waals surface area contributed by atoms with Gasteiger partial charge < -0.3 is 14.2 Å². The summed E-state index contributed by atoms with van der Waals surface area (Å²) in [6.45, 7) is 6.67. The Kier molecular flexibility index (Phi) is 4.43. The van der Waals surface area contributed by atoms with Crippen molar-refractivity contribution in [2.45, 2.75) is 32.5 Å². The molecular formula is C12H16N4O3S. The molecule has 2 rings (SSSR count). The monoisotopic (exact) mass is 296 g/mol. The number of hydrogen-bond donors (Lipinski definition) is 1. The molecule has 0 bridgehead atoms. The summed E-state index contributed by atoms with van der Waals surface area (Å²) >= 11 is 1.16. The van der Waals surface area contributed by atoms with Crippen molar-refractivity contribution in [3.63, 3.8) is 0 Å². The van der Waals surface area contributed by atoms with Crippen LogP contribution in [-0.4, -0.2) is 36.7 Å². The maximum Gasteiger partial charge on any atom is 0.313 e. The number of carboxylic acid groups (broad SMARTS) is 1. The van der Waals surface area contributed by atoms with Gasteiger partial charge in [-0.25, -0.2) is 0 Å². The molecule has 108 valence electrons. The average molecular weight is 296 g/mol. The zero-order valence-corrected chi connectivity index (χ0v) is 12.3. The zero-order chi connectivity index (χ0) is 14.7. The minimum Gasteiger partial charge on any atom is -0.481 e. The molecule has 0 aromatic carbocycles. The van der Waals surface area contributed by atoms with E-state index in [2.05, 4.69) is 29.2 Å². The van der Waals surface area contributed by atoms with Crippen molar-refractivity contribution in [2.75, 3.05) is 5.75 Å². The summed E-state index contributed by atoms with van der Waals surface area (Å²) < 4.78 is 6.97. The van der Waals surface area contributed by atoms with E-state index < -0.39 is 5.97 Å². The summed E-state index contributed by atoms with van der Waals surface area (Å²) in [6.07, 6.45) is 1.60. The Morgan fingerprint density at radius 2 is 2.25 bits per heavy atom. The largest absolute Gasteiger partial charge is 0.481 e. The van der Waals surface area contributed by atoms with Crippen LogP contribution in [0.2, 0.25) is 0 Å². The number of aromatic nitrogens is 4. The SMILES string of the molecule is Cc1oncc1-c1nnc(SCC(=O)O)n1CC(C)C. The molecule has 0 fully saturated rings. The molecule has 20 heavy (non-hydrogen) atoms. The van der Waals surface area contributed by atoms with Crippen LogP contribution in [0.3, 0.4) is 0 Å². The summed E-state index contributed by atoms with van der Waals surface area (Å²) in [5, 5.41) is 21.3. The van der Waals surface area contributed by atoms with Gasteiger partial charge in [0, 0.05) is 6.54 Å². The summed E-state index contributed by atoms with van der Waals surface area (Å²) in [5.74, 6) is 0.784. The van der Waals surface area contributed by atoms with Gasteiger partial charge in [0.05, 0.1) is 17.5 Å². The van der Waals surface area contributed by atoms with Gasteiger partial charge in [-0.3, -0.25) is 4.79 Å². The molecule has 0 unspecified atom stereocenters. The number of thioether (sulfide) groups is 1. The number of hydrogen-bond acceptors (Lipinski definition) is 6. The third-order valence-electron chi connectivity index (χ3n) is 2.58. The summed E-state index contributed by atoms with van der Waals surface area (Å²) in [7, 11) is 0. The van der Waals surface area contributed by atoms with E-state index in [1.807, 2.05) is 4.57 Å². The van der Waals surface area contributed by atoms with Gasteiger partial charge in [-0.2, -0.15) is 0 Å². The molecular weight excluding hydrogens is 280 g/mol. The van der Waals surface area contributed by atoms with Crippen molar-refractivity contribution >= 4 is 17.7 Å². The van der Waals surface area contributed by atoms with Gasteiger partial charge in [-0.15, -0.1) is 10.2 Å². The van der Waals surface area contributed by atoms with E-state index in [0.29, 0.717) is 29.2 Å². The van der Waals surface area contributed by atoms with Crippen LogP contribution in [0.25, 0.3) is 11.4 Å². The number of carbonyl (C=O) groups is 1. The molecule has 0 amide bonds. The van der Waals surface area contributed by atoms with Gasteiger partial charge in [0.1, 0.15) is 5.76 Å². The van der Waals surface area contributed by atoms with Crippen LogP contribution in [0.15, 0.2) is 15.9 Å². The zero-order valence-electron chi connectivity index (χ0n) is 11.5. The lowest BCUT2D eigenvalue weighted by Gasteiger charge is -2.11. The Morgan fingerprint density at radius 3 is 2.80 bits per heavy atom. The van der Waals surface area contributed by atoms with Crippen LogP contribution < -0.4 is 0 Å². The van der Waals surface area contributed by atoms with Crippen LogP contribution in [0.5, 0.6) is 0 Å². The van der Waals surface area contributed by atoms with Crippen molar-refractivity contribution in [1.29, 1.82) is 0 Å². The average Bonchev–Trinajstić information content (AvgIpc) is 2.92. The molecule has 8 heteroatoms. The number of aliphatic carboxylic acids is 1. The molecule has 2 aromatic heterocycles. The lowest BCUT2D eigenvalue weighted by Crippen LogP contribution is -2.09. The molecule has 0 radical (unpaired) electrons. The van der Waals surface area contributed by atoms with Crippen LogP contribution in [-0.2, 0) is 11.3 Å². The molecule has 0 aliphatic heterocycles. The van der Waals surface area contributed by atoms with E-state index in [1.54, 1.807) is 13.1 Å². The Labute approximate surface area is 120 Å². The fourth-order valence-electron chi connectivity index (χ4n) is 1.76. The Morgan fingerprint density at radius 1 is 1.50 bits per heavy atom. The minimum atomic E-state index is -0.878. The molecule has 1 N–H and O–H groups in total. The topological polar surface area (TPSA) is 94.0 Å². The van der Waals surface area contributed by atoms with Crippen molar-refractivity contribution in [3.05, 3.63) is 12.0 Å². The molecule has 7 nitrogen and oxygen atoms in total. The van der Waals surface area contributed by atoms with E-state index in [4.69, 9.17) is 9.63 Å². The molecule has 2 aromatic rings. The predicted molar refractivity (Wildman–Crippen MR) is 73.5 cm³/mol. The third kappa shape index (κ3) is 3.19. The second-order valence-electron chi connectivity index (χ2n) is 4.79. The van der Waals surface area contributed by atoms with Crippen LogP contribution in [0.4, 0.5) is 0 Å². The third-order valence-corrected chi connectivity index (χ3v) is 3.53. The number of aryl methyl sites for hydroxylation is 1. The maximum atomic E-state index is 10.7. The normalized spacial score (nSPS) is 11.2. The standard InChI is InChI=1S/C12H16N4O3S/c1-7(2)5-16-11(9-4-13-19-8(9)3)14-15-12(16)20-6-10(17)18/h4,7H,5-6H2,1-3H3,(H,17,18). The molecule has 0 aliphatic carbocycles. The number of rotatable bonds is 6. The molecule has 2 heterocycles. The van der Waals surface area contributed by atoms with Crippen molar-refractivity contribution in [2.24, 2.45) is 5.92 Å². The van der Waals surface area contributed by atoms with E-state index >= 15 is 0 Å². The first kappa shape index (κ1) is 14.6. The predicted octanol–water partition coefficient (Wildman–Crippen LogP) is 2.07. The molecule has 0 atom stereocenters. The van der Waals surface area contributed by atoms with Crippen LogP contribution in [0.1, 0.15) is 19.6 Å². The van der Waals surface area contributed by atoms with Gasteiger partial charge in [-0.1, -0.05) is 30.8 Å². The van der Waals surface area contributed by atoms with E-state index in [-0.39, 0.29) is 5.75 Å². The van der Waals surface area contributed by atoms with E-state index in [9.17, 15) is 4.79 Å². The lowest BCUT2D eigenvalue weighted by atomic mass is 10.2. The Balaban J connectivity index is 2.37. The van der Waals surface area contributed by atoms with Crippen molar-refractivity contribution in [1.82, 2.24) is 19.9 Å². The highest BCUT2D eigenvalue weighted by molar-refractivity contribution is 7.99. The van der Waals surface area contributed by atoms with Gasteiger partial charge in [-0.05, 0) is 12.8 Å². The Bertz CT molecular complexity index is 606. The second-order valence-corrected chi connectivity index (χ2v) is 5.73. The lowest BCUT2D eigenvalue weighted by molar-refractivity contribution is -0.133. The molecule has 0 saturated carbocycles. The molecule has 0 spiro atoms. The summed E-state index contributed by atoms with van der Waals surface area (Å²) in [6, 6.07) is 0. The Hall–Kier alpha value is -1.83. The maximum absolute atomic E-state index is 10.7. The smallest absolute Gasteiger partial charge is 0.313 e. The van der Waals surface area contributed by atoms with Crippen molar-refractivity contribution < 1.29 is 14.4 Å². The van der Waals surface area contributed by atoms with Gasteiger partial charge in [0.2, 0.25) is 0 Å². The van der Waals surface area contributed by atoms with Crippen LogP contribution in [0, 0.1) is 12.8 Å². The van der Waals surface area contributed by atoms with Gasteiger partial charge in [0.15, 0.2) is 11.0 Å². The first-order valence-corrected chi connectivity index (χ1v) is 7.17. The van der Waals surface area contributed by atoms with Gasteiger partial charge in [0.25, 0.3) is 0 Å².